The van der Waals surface area contributed by atoms with E-state index in [0.29, 0.717) is 11.8 Å². The van der Waals surface area contributed by atoms with Crippen molar-refractivity contribution in [2.75, 3.05) is 11.9 Å². The van der Waals surface area contributed by atoms with Crippen LogP contribution in [-0.2, 0) is 10.9 Å². The number of cyclic esters (lactones) is 1. The van der Waals surface area contributed by atoms with E-state index in [0.717, 1.165) is 25.3 Å². The molecule has 2 aliphatic carbocycles. The predicted octanol–water partition coefficient (Wildman–Crippen LogP) is 3.75. The van der Waals surface area contributed by atoms with Crippen molar-refractivity contribution >= 4 is 17.5 Å². The van der Waals surface area contributed by atoms with Crippen LogP contribution in [0.1, 0.15) is 36.8 Å². The van der Waals surface area contributed by atoms with Gasteiger partial charge in [-0.3, -0.25) is 0 Å². The van der Waals surface area contributed by atoms with Gasteiger partial charge in [-0.2, -0.15) is 18.3 Å². The smallest absolute Gasteiger partial charge is 0.428 e. The van der Waals surface area contributed by atoms with Crippen LogP contribution in [0.25, 0.3) is 0 Å². The molecule has 1 aromatic carbocycles. The highest BCUT2D eigenvalue weighted by molar-refractivity contribution is 6.04. The maximum Gasteiger partial charge on any atom is 0.428 e. The Morgan fingerprint density at radius 3 is 2.68 bits per heavy atom. The fourth-order valence-corrected chi connectivity index (χ4v) is 4.16. The zero-order chi connectivity index (χ0) is 17.6. The second-order valence-corrected chi connectivity index (χ2v) is 6.93. The van der Waals surface area contributed by atoms with Gasteiger partial charge in [0, 0.05) is 17.3 Å². The maximum absolute atomic E-state index is 13.5. The highest BCUT2D eigenvalue weighted by Gasteiger charge is 2.41. The second kappa shape index (κ2) is 5.93. The largest absolute Gasteiger partial charge is 0.442 e. The molecule has 0 spiro atoms. The Hall–Kier alpha value is -2.25. The van der Waals surface area contributed by atoms with Gasteiger partial charge < -0.3 is 10.1 Å². The minimum absolute atomic E-state index is 0.107. The third-order valence-electron chi connectivity index (χ3n) is 5.36. The Labute approximate surface area is 142 Å². The van der Waals surface area contributed by atoms with Gasteiger partial charge in [0.25, 0.3) is 0 Å². The molecule has 1 aliphatic heterocycles. The Bertz CT molecular complexity index is 732. The quantitative estimate of drug-likeness (QED) is 0.870. The number of hydrogen-bond acceptors (Lipinski definition) is 4. The maximum atomic E-state index is 13.5. The monoisotopic (exact) mass is 353 g/mol. The number of benzene rings is 1. The van der Waals surface area contributed by atoms with Gasteiger partial charge in [-0.05, 0) is 43.2 Å². The zero-order valence-electron chi connectivity index (χ0n) is 13.4. The zero-order valence-corrected chi connectivity index (χ0v) is 13.4. The first-order valence-corrected chi connectivity index (χ1v) is 8.37. The van der Waals surface area contributed by atoms with Crippen LogP contribution in [0.3, 0.4) is 0 Å². The number of nitrogens with one attached hydrogen (secondary N) is 2. The molecular formula is C17H18F3N3O2. The van der Waals surface area contributed by atoms with Crippen molar-refractivity contribution in [3.8, 4) is 0 Å². The molecule has 8 heteroatoms. The minimum Gasteiger partial charge on any atom is -0.442 e. The average Bonchev–Trinajstić information content (AvgIpc) is 3.18. The molecule has 2 unspecified atom stereocenters. The van der Waals surface area contributed by atoms with Gasteiger partial charge in [0.1, 0.15) is 12.3 Å². The van der Waals surface area contributed by atoms with Gasteiger partial charge >= 0.3 is 12.3 Å². The summed E-state index contributed by atoms with van der Waals surface area (Å²) >= 11 is 0. The fourth-order valence-electron chi connectivity index (χ4n) is 4.16. The van der Waals surface area contributed by atoms with Crippen molar-refractivity contribution in [3.63, 3.8) is 0 Å². The van der Waals surface area contributed by atoms with E-state index in [9.17, 15) is 18.0 Å². The number of fused-ring (bicyclic) bond motifs is 2. The molecule has 1 heterocycles. The molecule has 25 heavy (non-hydrogen) atoms. The minimum atomic E-state index is -4.48. The molecule has 2 N–H and O–H groups in total. The van der Waals surface area contributed by atoms with E-state index in [1.54, 1.807) is 6.07 Å². The molecule has 2 fully saturated rings. The van der Waals surface area contributed by atoms with Crippen LogP contribution < -0.4 is 10.7 Å². The number of rotatable bonds is 3. The van der Waals surface area contributed by atoms with E-state index >= 15 is 0 Å². The van der Waals surface area contributed by atoms with Crippen molar-refractivity contribution in [3.05, 3.63) is 29.3 Å². The molecular weight excluding hydrogens is 335 g/mol. The van der Waals surface area contributed by atoms with E-state index in [-0.39, 0.29) is 29.6 Å². The van der Waals surface area contributed by atoms with E-state index in [2.05, 4.69) is 15.8 Å². The molecule has 134 valence electrons. The number of alkyl halides is 3. The van der Waals surface area contributed by atoms with Crippen LogP contribution >= 0.6 is 0 Å². The van der Waals surface area contributed by atoms with Crippen LogP contribution in [0.15, 0.2) is 23.3 Å². The van der Waals surface area contributed by atoms with Crippen LogP contribution in [0.5, 0.6) is 0 Å². The molecule has 0 saturated heterocycles. The molecule has 1 aromatic rings. The molecule has 3 aliphatic rings. The number of carbonyl (C=O) groups is 1. The van der Waals surface area contributed by atoms with E-state index < -0.39 is 17.8 Å². The van der Waals surface area contributed by atoms with Gasteiger partial charge in [0.2, 0.25) is 0 Å². The number of halogens is 3. The lowest BCUT2D eigenvalue weighted by Gasteiger charge is -2.26. The Kier molecular flexibility index (Phi) is 3.85. The highest BCUT2D eigenvalue weighted by Crippen LogP contribution is 2.46. The van der Waals surface area contributed by atoms with Crippen molar-refractivity contribution in [1.29, 1.82) is 0 Å². The number of anilines is 1. The summed E-state index contributed by atoms with van der Waals surface area (Å²) in [6, 6.07) is 4.20. The summed E-state index contributed by atoms with van der Waals surface area (Å²) in [5, 5.41) is 6.90. The summed E-state index contributed by atoms with van der Waals surface area (Å²) in [4.78, 5) is 10.9. The first-order valence-electron chi connectivity index (χ1n) is 8.37. The molecule has 2 bridgehead atoms. The number of amides is 1. The topological polar surface area (TPSA) is 62.7 Å². The van der Waals surface area contributed by atoms with E-state index in [1.165, 1.54) is 12.5 Å². The molecule has 2 saturated carbocycles. The number of hydrogen-bond donors (Lipinski definition) is 2. The lowest BCUT2D eigenvalue weighted by atomic mass is 9.94. The predicted molar refractivity (Wildman–Crippen MR) is 85.3 cm³/mol. The summed E-state index contributed by atoms with van der Waals surface area (Å²) < 4.78 is 45.4. The lowest BCUT2D eigenvalue weighted by Crippen LogP contribution is -2.31. The SMILES string of the molecule is O=C1NN=C(c2ccc(N[C@@H]3CC4CCC3C4)c(C(F)(F)F)c2)CO1. The van der Waals surface area contributed by atoms with Crippen LogP contribution in [-0.4, -0.2) is 24.5 Å². The average molecular weight is 353 g/mol. The van der Waals surface area contributed by atoms with Gasteiger partial charge in [0.05, 0.1) is 5.56 Å². The van der Waals surface area contributed by atoms with Crippen molar-refractivity contribution in [1.82, 2.24) is 5.43 Å². The Morgan fingerprint density at radius 2 is 2.08 bits per heavy atom. The van der Waals surface area contributed by atoms with Crippen molar-refractivity contribution in [2.45, 2.75) is 37.9 Å². The molecule has 4 rings (SSSR count). The van der Waals surface area contributed by atoms with Gasteiger partial charge in [0.15, 0.2) is 0 Å². The summed E-state index contributed by atoms with van der Waals surface area (Å²) in [5.41, 5.74) is 2.05. The number of ether oxygens (including phenoxy) is 1. The van der Waals surface area contributed by atoms with Gasteiger partial charge in [-0.1, -0.05) is 12.5 Å². The van der Waals surface area contributed by atoms with Gasteiger partial charge in [-0.25, -0.2) is 10.2 Å². The van der Waals surface area contributed by atoms with Crippen molar-refractivity contribution in [2.24, 2.45) is 16.9 Å². The van der Waals surface area contributed by atoms with Crippen molar-refractivity contribution < 1.29 is 22.7 Å². The molecule has 0 aromatic heterocycles. The summed E-state index contributed by atoms with van der Waals surface area (Å²) in [5.74, 6) is 1.12. The fraction of sp³-hybridized carbons (Fsp3) is 0.529. The van der Waals surface area contributed by atoms with Crippen LogP contribution in [0, 0.1) is 11.8 Å². The molecule has 3 atom stereocenters. The molecule has 0 radical (unpaired) electrons. The van der Waals surface area contributed by atoms with E-state index in [1.807, 2.05) is 0 Å². The number of nitrogens with zero attached hydrogens (tertiary/aromatic N) is 1. The third kappa shape index (κ3) is 3.17. The van der Waals surface area contributed by atoms with E-state index in [4.69, 9.17) is 4.74 Å². The van der Waals surface area contributed by atoms with Gasteiger partial charge in [-0.15, -0.1) is 0 Å². The number of hydrazone groups is 1. The standard InChI is InChI=1S/C17H18F3N3O2/c18-17(19,20)12-7-11(15-8-25-16(24)23-22-15)3-4-13(12)21-14-6-9-1-2-10(14)5-9/h3-4,7,9-10,14,21H,1-2,5-6,8H2,(H,23,24)/t9?,10?,14-/m1/s1. The first-order chi connectivity index (χ1) is 11.9. The lowest BCUT2D eigenvalue weighted by molar-refractivity contribution is -0.137. The van der Waals surface area contributed by atoms with Crippen LogP contribution in [0.2, 0.25) is 0 Å². The normalized spacial score (nSPS) is 28.4. The Balaban J connectivity index is 1.62. The summed E-state index contributed by atoms with van der Waals surface area (Å²) in [6.45, 7) is -0.151. The molecule has 1 amide bonds. The summed E-state index contributed by atoms with van der Waals surface area (Å²) in [6.07, 6.45) is -0.847. The second-order valence-electron chi connectivity index (χ2n) is 6.93. The third-order valence-corrected chi connectivity index (χ3v) is 5.36. The first kappa shape index (κ1) is 16.2. The summed E-state index contributed by atoms with van der Waals surface area (Å²) in [7, 11) is 0. The Morgan fingerprint density at radius 1 is 1.24 bits per heavy atom. The number of carbonyl (C=O) groups excluding carboxylic acids is 1. The molecule has 5 nitrogen and oxygen atoms in total. The van der Waals surface area contributed by atoms with Crippen LogP contribution in [0.4, 0.5) is 23.7 Å². The highest BCUT2D eigenvalue weighted by atomic mass is 19.4.